The van der Waals surface area contributed by atoms with Gasteiger partial charge in [-0.15, -0.1) is 0 Å². The van der Waals surface area contributed by atoms with Crippen LogP contribution < -0.4 is 4.74 Å². The minimum absolute atomic E-state index is 0.105. The monoisotopic (exact) mass is 454 g/mol. The fraction of sp³-hybridized carbons (Fsp3) is 0.296. The Balaban J connectivity index is 1.40. The molecular formula is C27H25F3O3. The first-order valence-electron chi connectivity index (χ1n) is 10.9. The van der Waals surface area contributed by atoms with Gasteiger partial charge in [-0.05, 0) is 64.9 Å². The number of aryl methyl sites for hydroxylation is 1. The van der Waals surface area contributed by atoms with Crippen LogP contribution in [0.15, 0.2) is 66.7 Å². The van der Waals surface area contributed by atoms with Crippen molar-refractivity contribution < 1.29 is 27.4 Å². The van der Waals surface area contributed by atoms with Gasteiger partial charge in [-0.1, -0.05) is 42.5 Å². The molecule has 4 rings (SSSR count). The minimum Gasteiger partial charge on any atom is -0.489 e. The molecule has 0 heterocycles. The van der Waals surface area contributed by atoms with Gasteiger partial charge in [-0.3, -0.25) is 4.79 Å². The molecule has 1 fully saturated rings. The highest BCUT2D eigenvalue weighted by atomic mass is 19.3. The van der Waals surface area contributed by atoms with Crippen molar-refractivity contribution in [3.63, 3.8) is 0 Å². The number of hydrogen-bond acceptors (Lipinski definition) is 3. The Morgan fingerprint density at radius 3 is 2.36 bits per heavy atom. The van der Waals surface area contributed by atoms with E-state index in [0.717, 1.165) is 23.1 Å². The molecule has 33 heavy (non-hydrogen) atoms. The first kappa shape index (κ1) is 22.9. The molecule has 172 valence electrons. The van der Waals surface area contributed by atoms with Crippen LogP contribution in [0.1, 0.15) is 41.9 Å². The van der Waals surface area contributed by atoms with Crippen molar-refractivity contribution in [2.24, 2.45) is 0 Å². The van der Waals surface area contributed by atoms with Gasteiger partial charge in [0.15, 0.2) is 0 Å². The second-order valence-electron chi connectivity index (χ2n) is 8.30. The molecule has 0 bridgehead atoms. The van der Waals surface area contributed by atoms with Crippen LogP contribution in [-0.4, -0.2) is 19.0 Å². The Morgan fingerprint density at radius 1 is 1.03 bits per heavy atom. The van der Waals surface area contributed by atoms with E-state index in [-0.39, 0.29) is 24.8 Å². The number of ether oxygens (including phenoxy) is 2. The lowest BCUT2D eigenvalue weighted by Crippen LogP contribution is -2.01. The summed E-state index contributed by atoms with van der Waals surface area (Å²) < 4.78 is 51.1. The number of methoxy groups -OCH3 is 1. The molecule has 1 saturated carbocycles. The first-order valence-corrected chi connectivity index (χ1v) is 10.9. The maximum Gasteiger partial charge on any atom is 0.305 e. The predicted molar refractivity (Wildman–Crippen MR) is 120 cm³/mol. The fourth-order valence-corrected chi connectivity index (χ4v) is 3.89. The van der Waals surface area contributed by atoms with Crippen molar-refractivity contribution in [2.45, 2.75) is 44.1 Å². The van der Waals surface area contributed by atoms with Crippen molar-refractivity contribution in [3.05, 3.63) is 89.2 Å². The number of carbonyl (C=O) groups is 1. The molecule has 3 nitrogen and oxygen atoms in total. The Morgan fingerprint density at radius 2 is 1.73 bits per heavy atom. The van der Waals surface area contributed by atoms with E-state index in [4.69, 9.17) is 4.74 Å². The molecule has 1 atom stereocenters. The summed E-state index contributed by atoms with van der Waals surface area (Å²) in [5.41, 5.74) is 3.99. The summed E-state index contributed by atoms with van der Waals surface area (Å²) in [5.74, 6) is -3.25. The lowest BCUT2D eigenvalue weighted by Gasteiger charge is -2.13. The Labute approximate surface area is 191 Å². The van der Waals surface area contributed by atoms with Gasteiger partial charge in [0.05, 0.1) is 13.0 Å². The predicted octanol–water partition coefficient (Wildman–Crippen LogP) is 6.69. The van der Waals surface area contributed by atoms with Crippen molar-refractivity contribution in [1.29, 1.82) is 0 Å². The van der Waals surface area contributed by atoms with Crippen LogP contribution in [0.4, 0.5) is 13.2 Å². The molecule has 1 aliphatic carbocycles. The summed E-state index contributed by atoms with van der Waals surface area (Å²) in [6.07, 6.45) is 1.73. The highest BCUT2D eigenvalue weighted by Crippen LogP contribution is 2.55. The largest absolute Gasteiger partial charge is 0.489 e. The summed E-state index contributed by atoms with van der Waals surface area (Å²) in [4.78, 5) is 11.2. The molecule has 0 aliphatic heterocycles. The molecular weight excluding hydrogens is 429 g/mol. The maximum atomic E-state index is 13.9. The van der Waals surface area contributed by atoms with Gasteiger partial charge in [0.25, 0.3) is 5.92 Å². The summed E-state index contributed by atoms with van der Waals surface area (Å²) in [6.45, 7) is 0.164. The van der Waals surface area contributed by atoms with Gasteiger partial charge in [0, 0.05) is 12.8 Å². The number of esters is 1. The van der Waals surface area contributed by atoms with Crippen molar-refractivity contribution in [3.8, 4) is 16.9 Å². The zero-order chi connectivity index (χ0) is 23.4. The SMILES string of the molecule is COC(=O)CCCc1ccc(OCc2cc(F)ccc2-c2ccc(C3CC3(F)F)cc2)cc1. The maximum absolute atomic E-state index is 13.9. The van der Waals surface area contributed by atoms with E-state index in [1.54, 1.807) is 30.3 Å². The molecule has 0 saturated heterocycles. The van der Waals surface area contributed by atoms with Crippen molar-refractivity contribution in [2.75, 3.05) is 7.11 Å². The van der Waals surface area contributed by atoms with Crippen molar-refractivity contribution in [1.82, 2.24) is 0 Å². The molecule has 0 spiro atoms. The van der Waals surface area contributed by atoms with Crippen LogP contribution in [0.5, 0.6) is 5.75 Å². The lowest BCUT2D eigenvalue weighted by atomic mass is 9.98. The number of carbonyl (C=O) groups excluding carboxylic acids is 1. The molecule has 3 aromatic carbocycles. The van der Waals surface area contributed by atoms with Gasteiger partial charge in [-0.25, -0.2) is 13.2 Å². The molecule has 6 heteroatoms. The Bertz CT molecular complexity index is 1110. The number of hydrogen-bond donors (Lipinski definition) is 0. The van der Waals surface area contributed by atoms with E-state index in [2.05, 4.69) is 4.74 Å². The van der Waals surface area contributed by atoms with E-state index in [1.807, 2.05) is 24.3 Å². The lowest BCUT2D eigenvalue weighted by molar-refractivity contribution is -0.140. The van der Waals surface area contributed by atoms with E-state index in [1.165, 1.54) is 19.2 Å². The second kappa shape index (κ2) is 9.69. The van der Waals surface area contributed by atoms with Gasteiger partial charge in [0.1, 0.15) is 18.2 Å². The van der Waals surface area contributed by atoms with Crippen LogP contribution in [0.2, 0.25) is 0 Å². The van der Waals surface area contributed by atoms with Crippen LogP contribution in [0.25, 0.3) is 11.1 Å². The summed E-state index contributed by atoms with van der Waals surface area (Å²) in [5, 5.41) is 0. The molecule has 0 radical (unpaired) electrons. The molecule has 0 amide bonds. The van der Waals surface area contributed by atoms with Crippen LogP contribution in [-0.2, 0) is 22.6 Å². The van der Waals surface area contributed by atoms with Gasteiger partial charge in [-0.2, -0.15) is 0 Å². The summed E-state index contributed by atoms with van der Waals surface area (Å²) >= 11 is 0. The topological polar surface area (TPSA) is 35.5 Å². The highest BCUT2D eigenvalue weighted by molar-refractivity contribution is 5.69. The average molecular weight is 454 g/mol. The third-order valence-electron chi connectivity index (χ3n) is 5.91. The summed E-state index contributed by atoms with van der Waals surface area (Å²) in [6, 6.07) is 19.1. The zero-order valence-corrected chi connectivity index (χ0v) is 18.3. The molecule has 3 aromatic rings. The van der Waals surface area contributed by atoms with E-state index in [9.17, 15) is 18.0 Å². The normalized spacial score (nSPS) is 16.3. The molecule has 1 unspecified atom stereocenters. The standard InChI is InChI=1S/C27H25F3O3/c1-32-26(31)4-2-3-18-5-12-23(13-6-18)33-17-21-15-22(28)11-14-24(21)19-7-9-20(10-8-19)25-16-27(25,29)30/h5-15,25H,2-4,16-17H2,1H3. The van der Waals surface area contributed by atoms with Gasteiger partial charge >= 0.3 is 5.97 Å². The smallest absolute Gasteiger partial charge is 0.305 e. The number of rotatable bonds is 9. The summed E-state index contributed by atoms with van der Waals surface area (Å²) in [7, 11) is 1.38. The van der Waals surface area contributed by atoms with Gasteiger partial charge < -0.3 is 9.47 Å². The van der Waals surface area contributed by atoms with Crippen LogP contribution >= 0.6 is 0 Å². The fourth-order valence-electron chi connectivity index (χ4n) is 3.89. The Hall–Kier alpha value is -3.28. The first-order chi connectivity index (χ1) is 15.9. The van der Waals surface area contributed by atoms with Gasteiger partial charge in [0.2, 0.25) is 0 Å². The number of benzene rings is 3. The number of halogens is 3. The zero-order valence-electron chi connectivity index (χ0n) is 18.3. The minimum atomic E-state index is -2.60. The second-order valence-corrected chi connectivity index (χ2v) is 8.30. The average Bonchev–Trinajstić information content (AvgIpc) is 3.46. The van der Waals surface area contributed by atoms with Crippen LogP contribution in [0.3, 0.4) is 0 Å². The number of alkyl halides is 2. The Kier molecular flexibility index (Phi) is 6.72. The van der Waals surface area contributed by atoms with E-state index in [0.29, 0.717) is 29.7 Å². The molecule has 0 N–H and O–H groups in total. The quantitative estimate of drug-likeness (QED) is 0.338. The van der Waals surface area contributed by atoms with E-state index >= 15 is 0 Å². The molecule has 1 aliphatic rings. The third kappa shape index (κ3) is 5.75. The van der Waals surface area contributed by atoms with Crippen LogP contribution in [0, 0.1) is 5.82 Å². The molecule has 0 aromatic heterocycles. The highest BCUT2D eigenvalue weighted by Gasteiger charge is 2.57. The van der Waals surface area contributed by atoms with Crippen molar-refractivity contribution >= 4 is 5.97 Å². The third-order valence-corrected chi connectivity index (χ3v) is 5.91. The van der Waals surface area contributed by atoms with E-state index < -0.39 is 11.8 Å².